The minimum atomic E-state index is -3.47. The largest absolute Gasteiger partial charge is 0.383 e. The summed E-state index contributed by atoms with van der Waals surface area (Å²) in [5, 5.41) is 0. The first-order chi connectivity index (χ1) is 7.68. The van der Waals surface area contributed by atoms with Crippen LogP contribution in [0, 0.1) is 0 Å². The van der Waals surface area contributed by atoms with Gasteiger partial charge < -0.3 is 9.64 Å². The normalized spacial score (nSPS) is 12.5. The number of sulfone groups is 1. The Hall–Kier alpha value is -0.330. The van der Waals surface area contributed by atoms with E-state index in [1.807, 2.05) is 0 Å². The lowest BCUT2D eigenvalue weighted by Gasteiger charge is -2.30. The number of carbonyl (C=O) groups is 1. The van der Waals surface area contributed by atoms with Gasteiger partial charge in [-0.05, 0) is 13.8 Å². The highest BCUT2D eigenvalue weighted by Crippen LogP contribution is 2.18. The van der Waals surface area contributed by atoms with Gasteiger partial charge in [-0.25, -0.2) is 8.42 Å². The Morgan fingerprint density at radius 2 is 1.88 bits per heavy atom. The first-order valence-corrected chi connectivity index (χ1v) is 7.65. The van der Waals surface area contributed by atoms with Crippen molar-refractivity contribution in [2.75, 3.05) is 38.9 Å². The molecule has 0 aliphatic heterocycles. The maximum absolute atomic E-state index is 12.1. The van der Waals surface area contributed by atoms with Gasteiger partial charge >= 0.3 is 0 Å². The Kier molecular flexibility index (Phi) is 6.43. The quantitative estimate of drug-likeness (QED) is 0.640. The number of nitrogens with zero attached hydrogens (tertiary/aromatic N) is 1. The second-order valence-electron chi connectivity index (χ2n) is 4.26. The van der Waals surface area contributed by atoms with Crippen LogP contribution in [-0.4, -0.2) is 62.9 Å². The molecule has 0 bridgehead atoms. The molecule has 0 fully saturated rings. The maximum Gasteiger partial charge on any atom is 0.243 e. The first kappa shape index (κ1) is 16.7. The average molecular weight is 286 g/mol. The summed E-state index contributed by atoms with van der Waals surface area (Å²) in [5.41, 5.74) is 0. The van der Waals surface area contributed by atoms with Crippen LogP contribution in [0.5, 0.6) is 0 Å². The van der Waals surface area contributed by atoms with Crippen LogP contribution in [0.4, 0.5) is 0 Å². The topological polar surface area (TPSA) is 63.7 Å². The van der Waals surface area contributed by atoms with Crippen molar-refractivity contribution in [2.45, 2.75) is 18.6 Å². The van der Waals surface area contributed by atoms with Crippen LogP contribution in [0.25, 0.3) is 0 Å². The minimum Gasteiger partial charge on any atom is -0.383 e. The van der Waals surface area contributed by atoms with Crippen LogP contribution in [0.2, 0.25) is 0 Å². The zero-order valence-electron chi connectivity index (χ0n) is 10.7. The molecule has 0 aliphatic carbocycles. The summed E-state index contributed by atoms with van der Waals surface area (Å²) in [5.74, 6) is -0.187. The second-order valence-corrected chi connectivity index (χ2v) is 7.20. The molecule has 1 amide bonds. The highest BCUT2D eigenvalue weighted by atomic mass is 35.5. The number of hydrogen-bond donors (Lipinski definition) is 0. The van der Waals surface area contributed by atoms with Gasteiger partial charge in [0.05, 0.1) is 6.61 Å². The van der Waals surface area contributed by atoms with Crippen molar-refractivity contribution in [1.82, 2.24) is 4.90 Å². The van der Waals surface area contributed by atoms with Gasteiger partial charge in [0.2, 0.25) is 5.91 Å². The molecule has 0 atom stereocenters. The molecule has 17 heavy (non-hydrogen) atoms. The zero-order valence-corrected chi connectivity index (χ0v) is 12.3. The number of amides is 1. The van der Waals surface area contributed by atoms with Crippen LogP contribution < -0.4 is 0 Å². The molecule has 0 aliphatic rings. The molecular formula is C10H20ClNO4S. The molecule has 0 saturated carbocycles. The molecule has 0 unspecified atom stereocenters. The van der Waals surface area contributed by atoms with Gasteiger partial charge in [-0.3, -0.25) is 4.79 Å². The van der Waals surface area contributed by atoms with Crippen LogP contribution in [0.3, 0.4) is 0 Å². The number of alkyl halides is 1. The molecule has 0 rings (SSSR count). The van der Waals surface area contributed by atoms with Crippen molar-refractivity contribution in [2.24, 2.45) is 0 Å². The van der Waals surface area contributed by atoms with E-state index in [2.05, 4.69) is 0 Å². The fourth-order valence-electron chi connectivity index (χ4n) is 1.16. The predicted octanol–water partition coefficient (Wildman–Crippen LogP) is 0.523. The maximum atomic E-state index is 12.1. The number of carbonyl (C=O) groups excluding carboxylic acids is 1. The van der Waals surface area contributed by atoms with E-state index in [1.165, 1.54) is 25.9 Å². The third-order valence-electron chi connectivity index (χ3n) is 2.65. The fraction of sp³-hybridized carbons (Fsp3) is 0.900. The van der Waals surface area contributed by atoms with E-state index in [1.54, 1.807) is 0 Å². The Labute approximate surface area is 108 Å². The van der Waals surface area contributed by atoms with Gasteiger partial charge in [-0.2, -0.15) is 0 Å². The summed E-state index contributed by atoms with van der Waals surface area (Å²) in [6.45, 7) is 3.80. The third kappa shape index (κ3) is 4.44. The molecular weight excluding hydrogens is 266 g/mol. The molecule has 0 heterocycles. The predicted molar refractivity (Wildman–Crippen MR) is 68.1 cm³/mol. The fourth-order valence-corrected chi connectivity index (χ4v) is 1.81. The molecule has 0 saturated heterocycles. The Bertz CT molecular complexity index is 353. The van der Waals surface area contributed by atoms with Gasteiger partial charge in [0.1, 0.15) is 4.75 Å². The van der Waals surface area contributed by atoms with Crippen molar-refractivity contribution < 1.29 is 17.9 Å². The Balaban J connectivity index is 4.94. The molecule has 7 heteroatoms. The van der Waals surface area contributed by atoms with E-state index < -0.39 is 20.5 Å². The lowest BCUT2D eigenvalue weighted by Crippen LogP contribution is -2.51. The number of halogens is 1. The molecule has 0 aromatic heterocycles. The van der Waals surface area contributed by atoms with Crippen LogP contribution in [-0.2, 0) is 19.4 Å². The smallest absolute Gasteiger partial charge is 0.243 e. The minimum absolute atomic E-state index is 0.259. The zero-order chi connectivity index (χ0) is 13.7. The van der Waals surface area contributed by atoms with Gasteiger partial charge in [-0.1, -0.05) is 0 Å². The molecule has 5 nitrogen and oxygen atoms in total. The van der Waals surface area contributed by atoms with Gasteiger partial charge in [-0.15, -0.1) is 11.6 Å². The molecule has 0 aromatic rings. The van der Waals surface area contributed by atoms with E-state index in [0.29, 0.717) is 19.7 Å². The number of rotatable bonds is 7. The summed E-state index contributed by atoms with van der Waals surface area (Å²) in [6.07, 6.45) is 1.06. The van der Waals surface area contributed by atoms with Gasteiger partial charge in [0, 0.05) is 32.3 Å². The molecule has 0 N–H and O–H groups in total. The van der Waals surface area contributed by atoms with Crippen molar-refractivity contribution in [1.29, 1.82) is 0 Å². The summed E-state index contributed by atoms with van der Waals surface area (Å²) in [4.78, 5) is 13.6. The number of methoxy groups -OCH3 is 1. The second kappa shape index (κ2) is 6.56. The highest BCUT2D eigenvalue weighted by molar-refractivity contribution is 7.92. The third-order valence-corrected chi connectivity index (χ3v) is 4.85. The summed E-state index contributed by atoms with van der Waals surface area (Å²) in [6, 6.07) is 0. The Morgan fingerprint density at radius 1 is 1.35 bits per heavy atom. The average Bonchev–Trinajstić information content (AvgIpc) is 2.21. The number of ether oxygens (including phenoxy) is 1. The van der Waals surface area contributed by atoms with Crippen molar-refractivity contribution in [3.05, 3.63) is 0 Å². The lowest BCUT2D eigenvalue weighted by molar-refractivity contribution is -0.133. The molecule has 102 valence electrons. The van der Waals surface area contributed by atoms with E-state index >= 15 is 0 Å². The first-order valence-electron chi connectivity index (χ1n) is 5.22. The molecule has 0 spiro atoms. The van der Waals surface area contributed by atoms with Crippen LogP contribution in [0.1, 0.15) is 13.8 Å². The van der Waals surface area contributed by atoms with E-state index in [9.17, 15) is 13.2 Å². The monoisotopic (exact) mass is 285 g/mol. The van der Waals surface area contributed by atoms with E-state index in [-0.39, 0.29) is 5.88 Å². The van der Waals surface area contributed by atoms with Crippen LogP contribution >= 0.6 is 11.6 Å². The SMILES string of the molecule is COCCN(CCCl)C(=O)C(C)(C)S(C)(=O)=O. The highest BCUT2D eigenvalue weighted by Gasteiger charge is 2.41. The van der Waals surface area contributed by atoms with Crippen molar-refractivity contribution >= 4 is 27.3 Å². The van der Waals surface area contributed by atoms with Crippen molar-refractivity contribution in [3.8, 4) is 0 Å². The van der Waals surface area contributed by atoms with E-state index in [0.717, 1.165) is 6.26 Å². The lowest BCUT2D eigenvalue weighted by atomic mass is 10.1. The molecule has 0 radical (unpaired) electrons. The van der Waals surface area contributed by atoms with Gasteiger partial charge in [0.15, 0.2) is 9.84 Å². The van der Waals surface area contributed by atoms with Gasteiger partial charge in [0.25, 0.3) is 0 Å². The number of hydrogen-bond acceptors (Lipinski definition) is 4. The molecule has 0 aromatic carbocycles. The standard InChI is InChI=1S/C10H20ClNO4S/c1-10(2,17(4,14)15)9(13)12(6-5-11)7-8-16-3/h5-8H2,1-4H3. The Morgan fingerprint density at radius 3 is 2.24 bits per heavy atom. The summed E-state index contributed by atoms with van der Waals surface area (Å²) < 4.78 is 26.6. The van der Waals surface area contributed by atoms with Crippen LogP contribution in [0.15, 0.2) is 0 Å². The van der Waals surface area contributed by atoms with E-state index in [4.69, 9.17) is 16.3 Å². The summed E-state index contributed by atoms with van der Waals surface area (Å²) >= 11 is 5.60. The summed E-state index contributed by atoms with van der Waals surface area (Å²) in [7, 11) is -1.95. The van der Waals surface area contributed by atoms with Crippen molar-refractivity contribution in [3.63, 3.8) is 0 Å².